The minimum Gasteiger partial charge on any atom is -0.503 e. The maximum atomic E-state index is 12.4. The lowest BCUT2D eigenvalue weighted by molar-refractivity contribution is 0.143. The van der Waals surface area contributed by atoms with Crippen LogP contribution in [0.5, 0.6) is 5.75 Å². The van der Waals surface area contributed by atoms with Gasteiger partial charge in [-0.1, -0.05) is 0 Å². The Balaban J connectivity index is 3.44. The standard InChI is InChI=1S/C6H4F3NO2/c7-5(8)3-4(12)2(11)1-10-6(3)9/h1,5,11H,(H,10,12). The Morgan fingerprint density at radius 3 is 2.50 bits per heavy atom. The van der Waals surface area contributed by atoms with Crippen molar-refractivity contribution in [2.24, 2.45) is 0 Å². The molecule has 0 aromatic carbocycles. The minimum atomic E-state index is -3.24. The molecule has 12 heavy (non-hydrogen) atoms. The van der Waals surface area contributed by atoms with Crippen molar-refractivity contribution in [2.45, 2.75) is 6.43 Å². The first-order valence-corrected chi connectivity index (χ1v) is 2.92. The van der Waals surface area contributed by atoms with E-state index in [1.54, 1.807) is 4.98 Å². The number of alkyl halides is 2. The predicted octanol–water partition coefficient (Wildman–Crippen LogP) is 1.16. The smallest absolute Gasteiger partial charge is 0.272 e. The van der Waals surface area contributed by atoms with Crippen LogP contribution in [0.25, 0.3) is 0 Å². The second-order valence-electron chi connectivity index (χ2n) is 2.03. The van der Waals surface area contributed by atoms with Gasteiger partial charge in [-0.3, -0.25) is 4.79 Å². The zero-order valence-corrected chi connectivity index (χ0v) is 5.64. The molecule has 1 aromatic rings. The molecule has 1 rings (SSSR count). The molecule has 0 bridgehead atoms. The first-order valence-electron chi connectivity index (χ1n) is 2.92. The number of aromatic hydroxyl groups is 1. The fourth-order valence-electron chi connectivity index (χ4n) is 0.708. The van der Waals surface area contributed by atoms with E-state index in [0.29, 0.717) is 6.20 Å². The first kappa shape index (κ1) is 8.63. The molecule has 0 aliphatic carbocycles. The van der Waals surface area contributed by atoms with Crippen LogP contribution in [0.1, 0.15) is 12.0 Å². The van der Waals surface area contributed by atoms with E-state index in [1.807, 2.05) is 0 Å². The first-order chi connectivity index (χ1) is 5.54. The van der Waals surface area contributed by atoms with Crippen LogP contribution in [-0.4, -0.2) is 10.1 Å². The summed E-state index contributed by atoms with van der Waals surface area (Å²) in [4.78, 5) is 12.3. The van der Waals surface area contributed by atoms with Gasteiger partial charge in [0.2, 0.25) is 11.4 Å². The summed E-state index contributed by atoms with van der Waals surface area (Å²) in [6.07, 6.45) is -2.62. The lowest BCUT2D eigenvalue weighted by Gasteiger charge is -1.99. The van der Waals surface area contributed by atoms with E-state index in [0.717, 1.165) is 0 Å². The number of aromatic amines is 1. The van der Waals surface area contributed by atoms with E-state index in [-0.39, 0.29) is 0 Å². The summed E-state index contributed by atoms with van der Waals surface area (Å²) in [7, 11) is 0. The van der Waals surface area contributed by atoms with Gasteiger partial charge in [0.05, 0.1) is 0 Å². The van der Waals surface area contributed by atoms with Gasteiger partial charge in [0, 0.05) is 6.20 Å². The van der Waals surface area contributed by atoms with Crippen LogP contribution in [0.2, 0.25) is 0 Å². The van der Waals surface area contributed by atoms with Crippen LogP contribution in [0, 0.1) is 5.95 Å². The van der Waals surface area contributed by atoms with Crippen molar-refractivity contribution in [1.29, 1.82) is 0 Å². The van der Waals surface area contributed by atoms with Crippen LogP contribution in [0.3, 0.4) is 0 Å². The maximum Gasteiger partial charge on any atom is 0.272 e. The van der Waals surface area contributed by atoms with Gasteiger partial charge in [0.15, 0.2) is 5.75 Å². The van der Waals surface area contributed by atoms with Crippen molar-refractivity contribution in [3.8, 4) is 5.75 Å². The lowest BCUT2D eigenvalue weighted by Crippen LogP contribution is -2.12. The normalized spacial score (nSPS) is 10.7. The van der Waals surface area contributed by atoms with Crippen LogP contribution in [0.4, 0.5) is 13.2 Å². The van der Waals surface area contributed by atoms with Crippen molar-refractivity contribution in [3.63, 3.8) is 0 Å². The highest BCUT2D eigenvalue weighted by Crippen LogP contribution is 2.18. The second-order valence-corrected chi connectivity index (χ2v) is 2.03. The number of aromatic nitrogens is 1. The number of nitrogens with one attached hydrogen (secondary N) is 1. The number of hydrogen-bond acceptors (Lipinski definition) is 2. The van der Waals surface area contributed by atoms with E-state index < -0.39 is 29.1 Å². The van der Waals surface area contributed by atoms with Gasteiger partial charge in [0.1, 0.15) is 5.56 Å². The molecule has 0 unspecified atom stereocenters. The molecule has 3 nitrogen and oxygen atoms in total. The molecular formula is C6H4F3NO2. The largest absolute Gasteiger partial charge is 0.503 e. The third-order valence-electron chi connectivity index (χ3n) is 1.27. The molecular weight excluding hydrogens is 175 g/mol. The number of pyridine rings is 1. The molecule has 2 N–H and O–H groups in total. The Labute approximate surface area is 64.5 Å². The number of H-pyrrole nitrogens is 1. The van der Waals surface area contributed by atoms with Crippen LogP contribution in [0.15, 0.2) is 11.0 Å². The van der Waals surface area contributed by atoms with Crippen LogP contribution >= 0.6 is 0 Å². The highest BCUT2D eigenvalue weighted by molar-refractivity contribution is 5.24. The summed E-state index contributed by atoms with van der Waals surface area (Å²) >= 11 is 0. The van der Waals surface area contributed by atoms with Gasteiger partial charge in [-0.2, -0.15) is 4.39 Å². The molecule has 0 aliphatic rings. The third-order valence-corrected chi connectivity index (χ3v) is 1.27. The molecule has 0 radical (unpaired) electrons. The minimum absolute atomic E-state index is 0.615. The summed E-state index contributed by atoms with van der Waals surface area (Å²) in [6, 6.07) is 0. The highest BCUT2D eigenvalue weighted by Gasteiger charge is 2.19. The van der Waals surface area contributed by atoms with E-state index in [2.05, 4.69) is 0 Å². The Morgan fingerprint density at radius 1 is 1.50 bits per heavy atom. The molecule has 0 spiro atoms. The lowest BCUT2D eigenvalue weighted by atomic mass is 10.2. The number of halogens is 3. The van der Waals surface area contributed by atoms with Gasteiger partial charge in [-0.15, -0.1) is 0 Å². The number of rotatable bonds is 1. The van der Waals surface area contributed by atoms with E-state index in [9.17, 15) is 18.0 Å². The molecule has 0 fully saturated rings. The van der Waals surface area contributed by atoms with Gasteiger partial charge < -0.3 is 10.1 Å². The molecule has 6 heteroatoms. The van der Waals surface area contributed by atoms with Crippen LogP contribution in [-0.2, 0) is 0 Å². The average molecular weight is 179 g/mol. The molecule has 0 aliphatic heterocycles. The summed E-state index contributed by atoms with van der Waals surface area (Å²) in [5.74, 6) is -2.35. The van der Waals surface area contributed by atoms with E-state index in [4.69, 9.17) is 5.11 Å². The van der Waals surface area contributed by atoms with Gasteiger partial charge >= 0.3 is 0 Å². The predicted molar refractivity (Wildman–Crippen MR) is 33.6 cm³/mol. The SMILES string of the molecule is O=c1c(O)c[nH]c(F)c1C(F)F. The summed E-state index contributed by atoms with van der Waals surface area (Å²) in [5.41, 5.74) is -2.73. The number of hydrogen-bond donors (Lipinski definition) is 2. The van der Waals surface area contributed by atoms with Gasteiger partial charge in [-0.05, 0) is 0 Å². The van der Waals surface area contributed by atoms with Crippen molar-refractivity contribution in [3.05, 3.63) is 27.9 Å². The van der Waals surface area contributed by atoms with E-state index in [1.165, 1.54) is 0 Å². The third kappa shape index (κ3) is 1.27. The second kappa shape index (κ2) is 2.88. The van der Waals surface area contributed by atoms with Gasteiger partial charge in [-0.25, -0.2) is 8.78 Å². The Kier molecular flexibility index (Phi) is 2.07. The molecule has 1 heterocycles. The van der Waals surface area contributed by atoms with Gasteiger partial charge in [0.25, 0.3) is 6.43 Å². The summed E-state index contributed by atoms with van der Waals surface area (Å²) in [5, 5.41) is 8.63. The highest BCUT2D eigenvalue weighted by atomic mass is 19.3. The maximum absolute atomic E-state index is 12.4. The zero-order chi connectivity index (χ0) is 9.30. The molecule has 0 saturated carbocycles. The monoisotopic (exact) mass is 179 g/mol. The van der Waals surface area contributed by atoms with E-state index >= 15 is 0 Å². The molecule has 0 amide bonds. The van der Waals surface area contributed by atoms with Crippen LogP contribution < -0.4 is 5.43 Å². The fraction of sp³-hybridized carbons (Fsp3) is 0.167. The fourth-order valence-corrected chi connectivity index (χ4v) is 0.708. The summed E-state index contributed by atoms with van der Waals surface area (Å²) < 4.78 is 36.2. The quantitative estimate of drug-likeness (QED) is 0.635. The van der Waals surface area contributed by atoms with Crippen molar-refractivity contribution in [1.82, 2.24) is 4.98 Å². The summed E-state index contributed by atoms with van der Waals surface area (Å²) in [6.45, 7) is 0. The Morgan fingerprint density at radius 2 is 2.08 bits per heavy atom. The zero-order valence-electron chi connectivity index (χ0n) is 5.64. The molecule has 0 saturated heterocycles. The Hall–Kier alpha value is -1.46. The Bertz CT molecular complexity index is 347. The van der Waals surface area contributed by atoms with Crippen molar-refractivity contribution in [2.75, 3.05) is 0 Å². The average Bonchev–Trinajstić information content (AvgIpc) is 1.97. The molecule has 66 valence electrons. The molecule has 0 atom stereocenters. The molecule has 1 aromatic heterocycles. The van der Waals surface area contributed by atoms with Crippen molar-refractivity contribution >= 4 is 0 Å². The topological polar surface area (TPSA) is 53.1 Å². The van der Waals surface area contributed by atoms with Crippen molar-refractivity contribution < 1.29 is 18.3 Å².